The van der Waals surface area contributed by atoms with Crippen molar-refractivity contribution >= 4 is 0 Å². The zero-order valence-corrected chi connectivity index (χ0v) is 14.4. The summed E-state index contributed by atoms with van der Waals surface area (Å²) in [5, 5.41) is 3.67. The van der Waals surface area contributed by atoms with E-state index in [-0.39, 0.29) is 0 Å². The summed E-state index contributed by atoms with van der Waals surface area (Å²) in [5.41, 5.74) is 4.04. The molecule has 1 aliphatic rings. The second kappa shape index (κ2) is 7.07. The molecular weight excluding hydrogens is 312 g/mol. The van der Waals surface area contributed by atoms with Crippen molar-refractivity contribution < 1.29 is 4.74 Å². The number of aryl methyl sites for hydroxylation is 1. The average Bonchev–Trinajstić information content (AvgIpc) is 3.21. The van der Waals surface area contributed by atoms with Gasteiger partial charge < -0.3 is 10.1 Å². The number of benzene rings is 1. The summed E-state index contributed by atoms with van der Waals surface area (Å²) in [5.74, 6) is 1.83. The molecule has 128 valence electrons. The van der Waals surface area contributed by atoms with Gasteiger partial charge in [-0.05, 0) is 54.2 Å². The number of ether oxygens (including phenoxy) is 1. The second-order valence-corrected chi connectivity index (χ2v) is 6.45. The Morgan fingerprint density at radius 3 is 2.96 bits per heavy atom. The molecule has 0 unspecified atom stereocenters. The van der Waals surface area contributed by atoms with Crippen LogP contribution in [0.2, 0.25) is 0 Å². The third kappa shape index (κ3) is 3.56. The third-order valence-electron chi connectivity index (χ3n) is 4.81. The van der Waals surface area contributed by atoms with Crippen molar-refractivity contribution in [3.63, 3.8) is 0 Å². The van der Waals surface area contributed by atoms with Gasteiger partial charge in [-0.3, -0.25) is 4.57 Å². The Labute approximate surface area is 147 Å². The van der Waals surface area contributed by atoms with Crippen molar-refractivity contribution in [3.8, 4) is 11.6 Å². The molecule has 0 aliphatic heterocycles. The van der Waals surface area contributed by atoms with Gasteiger partial charge >= 0.3 is 0 Å². The van der Waals surface area contributed by atoms with Gasteiger partial charge in [-0.2, -0.15) is 0 Å². The summed E-state index contributed by atoms with van der Waals surface area (Å²) in [7, 11) is 1.72. The first-order chi connectivity index (χ1) is 12.3. The van der Waals surface area contributed by atoms with Gasteiger partial charge in [0.25, 0.3) is 0 Å². The number of imidazole rings is 1. The fourth-order valence-corrected chi connectivity index (χ4v) is 3.37. The van der Waals surface area contributed by atoms with Crippen molar-refractivity contribution in [3.05, 3.63) is 71.9 Å². The molecule has 5 nitrogen and oxygen atoms in total. The number of fused-ring (bicyclic) bond motifs is 1. The Balaban J connectivity index is 1.37. The predicted molar refractivity (Wildman–Crippen MR) is 97.0 cm³/mol. The van der Waals surface area contributed by atoms with Crippen LogP contribution in [0.25, 0.3) is 5.82 Å². The lowest BCUT2D eigenvalue weighted by atomic mass is 9.88. The number of nitrogens with zero attached hydrogens (tertiary/aromatic N) is 3. The summed E-state index contributed by atoms with van der Waals surface area (Å²) in [4.78, 5) is 8.56. The zero-order valence-electron chi connectivity index (χ0n) is 14.4. The first kappa shape index (κ1) is 15.8. The summed E-state index contributed by atoms with van der Waals surface area (Å²) >= 11 is 0. The number of pyridine rings is 1. The van der Waals surface area contributed by atoms with Crippen molar-refractivity contribution in [1.82, 2.24) is 19.9 Å². The average molecular weight is 334 g/mol. The van der Waals surface area contributed by atoms with Crippen LogP contribution >= 0.6 is 0 Å². The van der Waals surface area contributed by atoms with Crippen LogP contribution in [0.1, 0.15) is 23.1 Å². The smallest absolute Gasteiger partial charge is 0.137 e. The summed E-state index contributed by atoms with van der Waals surface area (Å²) in [6.07, 6.45) is 10.7. The Kier molecular flexibility index (Phi) is 4.48. The highest BCUT2D eigenvalue weighted by Gasteiger charge is 2.18. The SMILES string of the molecule is COc1ccc2c(c1)C[C@H](NCc1ccc(-n3ccnc3)nc1)CC2. The van der Waals surface area contributed by atoms with Crippen LogP contribution in [-0.2, 0) is 19.4 Å². The fraction of sp³-hybridized carbons (Fsp3) is 0.300. The molecule has 1 atom stereocenters. The van der Waals surface area contributed by atoms with Crippen molar-refractivity contribution in [1.29, 1.82) is 0 Å². The van der Waals surface area contributed by atoms with E-state index in [9.17, 15) is 0 Å². The van der Waals surface area contributed by atoms with Gasteiger partial charge in [0, 0.05) is 31.2 Å². The normalized spacial score (nSPS) is 16.4. The highest BCUT2D eigenvalue weighted by atomic mass is 16.5. The van der Waals surface area contributed by atoms with Crippen LogP contribution in [0.4, 0.5) is 0 Å². The highest BCUT2D eigenvalue weighted by Crippen LogP contribution is 2.25. The number of methoxy groups -OCH3 is 1. The van der Waals surface area contributed by atoms with Gasteiger partial charge in [-0.25, -0.2) is 9.97 Å². The molecule has 2 heterocycles. The first-order valence-corrected chi connectivity index (χ1v) is 8.64. The van der Waals surface area contributed by atoms with Gasteiger partial charge in [0.05, 0.1) is 7.11 Å². The van der Waals surface area contributed by atoms with E-state index < -0.39 is 0 Å². The van der Waals surface area contributed by atoms with Gasteiger partial charge in [0.1, 0.15) is 17.9 Å². The molecule has 0 bridgehead atoms. The lowest BCUT2D eigenvalue weighted by Gasteiger charge is -2.26. The lowest BCUT2D eigenvalue weighted by molar-refractivity contribution is 0.411. The van der Waals surface area contributed by atoms with E-state index in [4.69, 9.17) is 4.74 Å². The van der Waals surface area contributed by atoms with Gasteiger partial charge in [-0.1, -0.05) is 12.1 Å². The largest absolute Gasteiger partial charge is 0.497 e. The van der Waals surface area contributed by atoms with E-state index in [1.54, 1.807) is 19.6 Å². The van der Waals surface area contributed by atoms with E-state index in [2.05, 4.69) is 39.6 Å². The van der Waals surface area contributed by atoms with E-state index in [1.807, 2.05) is 23.0 Å². The van der Waals surface area contributed by atoms with E-state index in [0.29, 0.717) is 6.04 Å². The molecule has 3 aromatic rings. The van der Waals surface area contributed by atoms with Crippen LogP contribution in [0.5, 0.6) is 5.75 Å². The van der Waals surface area contributed by atoms with Gasteiger partial charge in [-0.15, -0.1) is 0 Å². The molecule has 0 amide bonds. The van der Waals surface area contributed by atoms with Crippen LogP contribution < -0.4 is 10.1 Å². The molecule has 1 N–H and O–H groups in total. The Morgan fingerprint density at radius 2 is 2.20 bits per heavy atom. The molecule has 0 radical (unpaired) electrons. The maximum atomic E-state index is 5.35. The monoisotopic (exact) mass is 334 g/mol. The van der Waals surface area contributed by atoms with Crippen molar-refractivity contribution in [2.24, 2.45) is 0 Å². The molecule has 4 rings (SSSR count). The van der Waals surface area contributed by atoms with Crippen LogP contribution in [0.15, 0.2) is 55.2 Å². The molecule has 2 aromatic heterocycles. The quantitative estimate of drug-likeness (QED) is 0.779. The third-order valence-corrected chi connectivity index (χ3v) is 4.81. The molecule has 1 aromatic carbocycles. The Morgan fingerprint density at radius 1 is 1.24 bits per heavy atom. The topological polar surface area (TPSA) is 52.0 Å². The highest BCUT2D eigenvalue weighted by molar-refractivity contribution is 5.38. The van der Waals surface area contributed by atoms with E-state index >= 15 is 0 Å². The summed E-state index contributed by atoms with van der Waals surface area (Å²) < 4.78 is 7.26. The maximum Gasteiger partial charge on any atom is 0.137 e. The fourth-order valence-electron chi connectivity index (χ4n) is 3.37. The van der Waals surface area contributed by atoms with Crippen LogP contribution in [-0.4, -0.2) is 27.7 Å². The molecule has 0 saturated carbocycles. The molecule has 0 spiro atoms. The number of nitrogens with one attached hydrogen (secondary N) is 1. The molecule has 1 aliphatic carbocycles. The van der Waals surface area contributed by atoms with Crippen LogP contribution in [0, 0.1) is 0 Å². The molecule has 5 heteroatoms. The maximum absolute atomic E-state index is 5.35. The molecular formula is C20H22N4O. The Bertz CT molecular complexity index is 827. The van der Waals surface area contributed by atoms with E-state index in [0.717, 1.165) is 31.0 Å². The van der Waals surface area contributed by atoms with Gasteiger partial charge in [0.2, 0.25) is 0 Å². The lowest BCUT2D eigenvalue weighted by Crippen LogP contribution is -2.34. The van der Waals surface area contributed by atoms with Crippen molar-refractivity contribution in [2.45, 2.75) is 31.8 Å². The molecule has 0 fully saturated rings. The number of hydrogen-bond acceptors (Lipinski definition) is 4. The molecule has 25 heavy (non-hydrogen) atoms. The summed E-state index contributed by atoms with van der Waals surface area (Å²) in [6.45, 7) is 0.835. The number of hydrogen-bond donors (Lipinski definition) is 1. The summed E-state index contributed by atoms with van der Waals surface area (Å²) in [6, 6.07) is 11.1. The minimum absolute atomic E-state index is 0.493. The van der Waals surface area contributed by atoms with Gasteiger partial charge in [0.15, 0.2) is 0 Å². The minimum atomic E-state index is 0.493. The molecule has 0 saturated heterocycles. The standard InChI is InChI=1S/C20H22N4O/c1-25-19-6-4-16-3-5-18(10-17(16)11-19)22-12-15-2-7-20(23-13-15)24-9-8-21-14-24/h2,4,6-9,11,13-14,18,22H,3,5,10,12H2,1H3/t18-/m1/s1. The first-order valence-electron chi connectivity index (χ1n) is 8.64. The van der Waals surface area contributed by atoms with E-state index in [1.165, 1.54) is 23.1 Å². The van der Waals surface area contributed by atoms with Crippen molar-refractivity contribution in [2.75, 3.05) is 7.11 Å². The Hall–Kier alpha value is -2.66. The second-order valence-electron chi connectivity index (χ2n) is 6.45. The van der Waals surface area contributed by atoms with Crippen LogP contribution in [0.3, 0.4) is 0 Å². The number of rotatable bonds is 5. The number of aromatic nitrogens is 3. The predicted octanol–water partition coefficient (Wildman–Crippen LogP) is 2.92. The minimum Gasteiger partial charge on any atom is -0.497 e. The zero-order chi connectivity index (χ0) is 17.1.